The van der Waals surface area contributed by atoms with Crippen molar-refractivity contribution in [1.29, 1.82) is 0 Å². The topological polar surface area (TPSA) is 55.4 Å². The van der Waals surface area contributed by atoms with Crippen LogP contribution in [-0.2, 0) is 4.79 Å². The molecule has 0 radical (unpaired) electrons. The Morgan fingerprint density at radius 1 is 1.44 bits per heavy atom. The van der Waals surface area contributed by atoms with E-state index in [1.807, 2.05) is 0 Å². The van der Waals surface area contributed by atoms with Crippen molar-refractivity contribution in [3.8, 4) is 0 Å². The maximum absolute atomic E-state index is 12.0. The second-order valence-electron chi connectivity index (χ2n) is 5.25. The van der Waals surface area contributed by atoms with Crippen LogP contribution in [0.25, 0.3) is 0 Å². The van der Waals surface area contributed by atoms with Gasteiger partial charge in [-0.15, -0.1) is 0 Å². The van der Waals surface area contributed by atoms with E-state index in [1.54, 1.807) is 0 Å². The molecule has 0 saturated carbocycles. The molecule has 0 unspecified atom stereocenters. The van der Waals surface area contributed by atoms with Crippen LogP contribution in [-0.4, -0.2) is 12.1 Å². The SMILES string of the molecule is CCCCC1=C(N=CN)CC(C)(C)CC1=O. The highest BCUT2D eigenvalue weighted by Crippen LogP contribution is 2.38. The third-order valence-electron chi connectivity index (χ3n) is 2.98. The lowest BCUT2D eigenvalue weighted by molar-refractivity contribution is -0.118. The zero-order chi connectivity index (χ0) is 12.2. The number of nitrogens with two attached hydrogens (primary N) is 1. The van der Waals surface area contributed by atoms with Gasteiger partial charge in [-0.3, -0.25) is 4.79 Å². The molecule has 0 fully saturated rings. The molecule has 0 aromatic carbocycles. The van der Waals surface area contributed by atoms with Crippen molar-refractivity contribution in [1.82, 2.24) is 0 Å². The van der Waals surface area contributed by atoms with Gasteiger partial charge in [-0.25, -0.2) is 4.99 Å². The molecule has 1 aliphatic carbocycles. The van der Waals surface area contributed by atoms with Crippen LogP contribution in [0, 0.1) is 5.41 Å². The summed E-state index contributed by atoms with van der Waals surface area (Å²) in [5.74, 6) is 0.255. The van der Waals surface area contributed by atoms with Gasteiger partial charge < -0.3 is 5.73 Å². The van der Waals surface area contributed by atoms with E-state index in [-0.39, 0.29) is 11.2 Å². The number of unbranched alkanes of at least 4 members (excludes halogenated alkanes) is 1. The first kappa shape index (κ1) is 12.9. The van der Waals surface area contributed by atoms with Crippen molar-refractivity contribution in [3.63, 3.8) is 0 Å². The van der Waals surface area contributed by atoms with E-state index in [9.17, 15) is 4.79 Å². The molecule has 1 rings (SSSR count). The number of aliphatic imine (C=N–C) groups is 1. The van der Waals surface area contributed by atoms with E-state index in [4.69, 9.17) is 5.73 Å². The van der Waals surface area contributed by atoms with Gasteiger partial charge in [0.2, 0.25) is 0 Å². The molecule has 0 atom stereocenters. The molecule has 0 bridgehead atoms. The first-order valence-corrected chi connectivity index (χ1v) is 5.99. The van der Waals surface area contributed by atoms with Gasteiger partial charge in [0, 0.05) is 17.7 Å². The molecule has 0 heterocycles. The van der Waals surface area contributed by atoms with E-state index in [0.717, 1.165) is 37.0 Å². The average molecular weight is 222 g/mol. The maximum atomic E-state index is 12.0. The lowest BCUT2D eigenvalue weighted by Crippen LogP contribution is -2.25. The van der Waals surface area contributed by atoms with Crippen LogP contribution in [0.2, 0.25) is 0 Å². The molecule has 0 spiro atoms. The molecular weight excluding hydrogens is 200 g/mol. The molecule has 3 heteroatoms. The highest BCUT2D eigenvalue weighted by atomic mass is 16.1. The van der Waals surface area contributed by atoms with Gasteiger partial charge in [-0.2, -0.15) is 0 Å². The molecule has 1 aliphatic rings. The highest BCUT2D eigenvalue weighted by molar-refractivity contribution is 5.97. The molecule has 0 aliphatic heterocycles. The fourth-order valence-electron chi connectivity index (χ4n) is 2.18. The molecule has 0 aromatic rings. The lowest BCUT2D eigenvalue weighted by atomic mass is 9.75. The van der Waals surface area contributed by atoms with Crippen LogP contribution in [0.1, 0.15) is 52.9 Å². The summed E-state index contributed by atoms with van der Waals surface area (Å²) in [6.07, 6.45) is 5.78. The third-order valence-corrected chi connectivity index (χ3v) is 2.98. The van der Waals surface area contributed by atoms with Gasteiger partial charge in [0.05, 0.1) is 6.34 Å². The van der Waals surface area contributed by atoms with Gasteiger partial charge >= 0.3 is 0 Å². The Bertz CT molecular complexity index is 327. The lowest BCUT2D eigenvalue weighted by Gasteiger charge is -2.30. The van der Waals surface area contributed by atoms with Crippen LogP contribution in [0.4, 0.5) is 0 Å². The fourth-order valence-corrected chi connectivity index (χ4v) is 2.18. The van der Waals surface area contributed by atoms with Gasteiger partial charge in [-0.05, 0) is 24.7 Å². The van der Waals surface area contributed by atoms with Gasteiger partial charge in [0.25, 0.3) is 0 Å². The Labute approximate surface area is 97.8 Å². The minimum Gasteiger partial charge on any atom is -0.390 e. The van der Waals surface area contributed by atoms with E-state index >= 15 is 0 Å². The van der Waals surface area contributed by atoms with Crippen LogP contribution in [0.3, 0.4) is 0 Å². The zero-order valence-electron chi connectivity index (χ0n) is 10.5. The number of nitrogens with zero attached hydrogens (tertiary/aromatic N) is 1. The number of carbonyl (C=O) groups is 1. The number of ketones is 1. The zero-order valence-corrected chi connectivity index (χ0v) is 10.5. The highest BCUT2D eigenvalue weighted by Gasteiger charge is 2.32. The molecule has 16 heavy (non-hydrogen) atoms. The predicted octanol–water partition coefficient (Wildman–Crippen LogP) is 2.81. The molecule has 90 valence electrons. The Morgan fingerprint density at radius 2 is 2.12 bits per heavy atom. The van der Waals surface area contributed by atoms with Crippen molar-refractivity contribution in [2.75, 3.05) is 0 Å². The van der Waals surface area contributed by atoms with Crippen molar-refractivity contribution < 1.29 is 4.79 Å². The number of allylic oxidation sites excluding steroid dienone is 2. The molecule has 0 aromatic heterocycles. The number of hydrogen-bond donors (Lipinski definition) is 1. The summed E-state index contributed by atoms with van der Waals surface area (Å²) in [4.78, 5) is 16.2. The van der Waals surface area contributed by atoms with Crippen LogP contribution in [0.15, 0.2) is 16.3 Å². The maximum Gasteiger partial charge on any atom is 0.161 e. The predicted molar refractivity (Wildman–Crippen MR) is 67.3 cm³/mol. The van der Waals surface area contributed by atoms with E-state index in [2.05, 4.69) is 25.8 Å². The van der Waals surface area contributed by atoms with Crippen molar-refractivity contribution in [2.45, 2.75) is 52.9 Å². The second-order valence-corrected chi connectivity index (χ2v) is 5.25. The molecule has 3 nitrogen and oxygen atoms in total. The van der Waals surface area contributed by atoms with Gasteiger partial charge in [0.1, 0.15) is 0 Å². The Morgan fingerprint density at radius 3 is 2.69 bits per heavy atom. The summed E-state index contributed by atoms with van der Waals surface area (Å²) >= 11 is 0. The first-order chi connectivity index (χ1) is 7.50. The summed E-state index contributed by atoms with van der Waals surface area (Å²) in [5.41, 5.74) is 7.18. The van der Waals surface area contributed by atoms with Gasteiger partial charge in [0.15, 0.2) is 5.78 Å². The third kappa shape index (κ3) is 3.19. The van der Waals surface area contributed by atoms with Crippen LogP contribution < -0.4 is 5.73 Å². The average Bonchev–Trinajstić information content (AvgIpc) is 2.15. The quantitative estimate of drug-likeness (QED) is 0.587. The smallest absolute Gasteiger partial charge is 0.161 e. The minimum absolute atomic E-state index is 0.0225. The summed E-state index contributed by atoms with van der Waals surface area (Å²) in [7, 11) is 0. The largest absolute Gasteiger partial charge is 0.390 e. The summed E-state index contributed by atoms with van der Waals surface area (Å²) < 4.78 is 0. The van der Waals surface area contributed by atoms with Crippen molar-refractivity contribution in [3.05, 3.63) is 11.3 Å². The number of rotatable bonds is 4. The first-order valence-electron chi connectivity index (χ1n) is 5.99. The van der Waals surface area contributed by atoms with E-state index < -0.39 is 0 Å². The number of hydrogen-bond acceptors (Lipinski definition) is 2. The molecule has 2 N–H and O–H groups in total. The van der Waals surface area contributed by atoms with Crippen molar-refractivity contribution >= 4 is 12.1 Å². The van der Waals surface area contributed by atoms with Crippen molar-refractivity contribution in [2.24, 2.45) is 16.1 Å². The summed E-state index contributed by atoms with van der Waals surface area (Å²) in [5, 5.41) is 0. The van der Waals surface area contributed by atoms with Gasteiger partial charge in [-0.1, -0.05) is 27.2 Å². The fraction of sp³-hybridized carbons (Fsp3) is 0.692. The molecular formula is C13H22N2O. The Kier molecular flexibility index (Phi) is 4.27. The normalized spacial score (nSPS) is 20.8. The second kappa shape index (κ2) is 5.28. The van der Waals surface area contributed by atoms with E-state index in [1.165, 1.54) is 6.34 Å². The molecule has 0 amide bonds. The Balaban J connectivity index is 2.97. The number of Topliss-reactive ketones (excluding diaryl/α,β-unsaturated/α-hetero) is 1. The Hall–Kier alpha value is -1.12. The van der Waals surface area contributed by atoms with Crippen LogP contribution in [0.5, 0.6) is 0 Å². The van der Waals surface area contributed by atoms with E-state index in [0.29, 0.717) is 6.42 Å². The minimum atomic E-state index is 0.0225. The molecule has 0 saturated heterocycles. The van der Waals surface area contributed by atoms with Crippen LogP contribution >= 0.6 is 0 Å². The number of carbonyl (C=O) groups excluding carboxylic acids is 1. The monoisotopic (exact) mass is 222 g/mol. The standard InChI is InChI=1S/C13H22N2O/c1-4-5-6-10-11(15-9-14)7-13(2,3)8-12(10)16/h9H,4-8H2,1-3H3,(H2,14,15). The summed E-state index contributed by atoms with van der Waals surface area (Å²) in [6.45, 7) is 6.34. The summed E-state index contributed by atoms with van der Waals surface area (Å²) in [6, 6.07) is 0.